The number of carbonyl (C=O) groups is 1. The molecule has 0 saturated heterocycles. The Balaban J connectivity index is 4.10. The number of carbonyl (C=O) groups excluding carboxylic acids is 1. The summed E-state index contributed by atoms with van der Waals surface area (Å²) in [5.74, 6) is -1.28. The van der Waals surface area contributed by atoms with Crippen molar-refractivity contribution in [1.29, 1.82) is 0 Å². The molecule has 0 spiro atoms. The minimum atomic E-state index is -4.32. The van der Waals surface area contributed by atoms with E-state index < -0.39 is 28.9 Å². The number of aliphatic hydroxyl groups excluding tert-OH is 1. The van der Waals surface area contributed by atoms with Crippen molar-refractivity contribution in [3.8, 4) is 0 Å². The molecule has 0 rings (SSSR count). The summed E-state index contributed by atoms with van der Waals surface area (Å²) < 4.78 is 23.7. The minimum absolute atomic E-state index is 0.700. The van der Waals surface area contributed by atoms with Crippen LogP contribution in [0.3, 0.4) is 0 Å². The average molecular weight is 184 g/mol. The molecule has 0 aromatic rings. The molecule has 0 bridgehead atoms. The molecule has 7 nitrogen and oxygen atoms in total. The van der Waals surface area contributed by atoms with Gasteiger partial charge in [-0.1, -0.05) is 0 Å². The zero-order valence-corrected chi connectivity index (χ0v) is 6.24. The molecule has 0 amide bonds. The second kappa shape index (κ2) is 3.62. The third-order valence-electron chi connectivity index (χ3n) is 0.698. The molecule has 0 fully saturated rings. The van der Waals surface area contributed by atoms with Crippen LogP contribution in [-0.2, 0) is 19.3 Å². The van der Waals surface area contributed by atoms with Crippen molar-refractivity contribution in [3.63, 3.8) is 0 Å². The molecular formula is C3H8N2O5S. The van der Waals surface area contributed by atoms with Crippen molar-refractivity contribution in [2.45, 2.75) is 6.04 Å². The summed E-state index contributed by atoms with van der Waals surface area (Å²) in [5, 5.41) is 12.6. The average Bonchev–Trinajstić information content (AvgIpc) is 1.82. The minimum Gasteiger partial charge on any atom is -0.394 e. The van der Waals surface area contributed by atoms with Gasteiger partial charge in [-0.05, 0) is 0 Å². The quantitative estimate of drug-likeness (QED) is 0.429. The van der Waals surface area contributed by atoms with Crippen molar-refractivity contribution in [1.82, 2.24) is 0 Å². The van der Waals surface area contributed by atoms with E-state index >= 15 is 0 Å². The highest BCUT2D eigenvalue weighted by molar-refractivity contribution is 7.84. The summed E-state index contributed by atoms with van der Waals surface area (Å²) in [5.41, 5.74) is 4.88. The van der Waals surface area contributed by atoms with Gasteiger partial charge >= 0.3 is 16.3 Å². The third kappa shape index (κ3) is 4.67. The van der Waals surface area contributed by atoms with Gasteiger partial charge in [0.2, 0.25) is 0 Å². The fourth-order valence-electron chi connectivity index (χ4n) is 0.251. The number of nitrogens with two attached hydrogens (primary N) is 2. The highest BCUT2D eigenvalue weighted by atomic mass is 32.2. The molecule has 66 valence electrons. The van der Waals surface area contributed by atoms with Gasteiger partial charge in [0, 0.05) is 0 Å². The Kier molecular flexibility index (Phi) is 3.39. The summed E-state index contributed by atoms with van der Waals surface area (Å²) >= 11 is 0. The lowest BCUT2D eigenvalue weighted by atomic mass is 10.3. The SMILES string of the molecule is NC(CO)C(=O)OS(N)(=O)=O. The zero-order chi connectivity index (χ0) is 9.07. The first-order valence-corrected chi connectivity index (χ1v) is 3.96. The Morgan fingerprint density at radius 2 is 2.09 bits per heavy atom. The highest BCUT2D eigenvalue weighted by Crippen LogP contribution is 1.87. The molecule has 0 aliphatic carbocycles. The van der Waals surface area contributed by atoms with E-state index in [9.17, 15) is 13.2 Å². The van der Waals surface area contributed by atoms with Crippen molar-refractivity contribution < 1.29 is 22.5 Å². The number of rotatable bonds is 3. The maximum absolute atomic E-state index is 10.4. The largest absolute Gasteiger partial charge is 0.394 e. The molecule has 0 aliphatic rings. The lowest BCUT2D eigenvalue weighted by Gasteiger charge is -2.04. The van der Waals surface area contributed by atoms with Gasteiger partial charge < -0.3 is 15.0 Å². The van der Waals surface area contributed by atoms with Gasteiger partial charge in [-0.3, -0.25) is 0 Å². The molecule has 0 aromatic carbocycles. The van der Waals surface area contributed by atoms with Crippen molar-refractivity contribution >= 4 is 16.3 Å². The smallest absolute Gasteiger partial charge is 0.382 e. The predicted molar refractivity (Wildman–Crippen MR) is 34.3 cm³/mol. The maximum atomic E-state index is 10.4. The molecular weight excluding hydrogens is 176 g/mol. The van der Waals surface area contributed by atoms with E-state index in [1.165, 1.54) is 0 Å². The summed E-state index contributed by atoms with van der Waals surface area (Å²) in [6.45, 7) is -0.700. The highest BCUT2D eigenvalue weighted by Gasteiger charge is 2.18. The Labute approximate surface area is 63.2 Å². The lowest BCUT2D eigenvalue weighted by molar-refractivity contribution is -0.136. The summed E-state index contributed by atoms with van der Waals surface area (Å²) in [4.78, 5) is 10.4. The van der Waals surface area contributed by atoms with Crippen molar-refractivity contribution in [2.75, 3.05) is 6.61 Å². The molecule has 5 N–H and O–H groups in total. The van der Waals surface area contributed by atoms with Crippen LogP contribution in [0.1, 0.15) is 0 Å². The summed E-state index contributed by atoms with van der Waals surface area (Å²) in [7, 11) is -4.32. The number of hydrogen-bond donors (Lipinski definition) is 3. The molecule has 11 heavy (non-hydrogen) atoms. The van der Waals surface area contributed by atoms with Gasteiger partial charge in [0.1, 0.15) is 6.04 Å². The van der Waals surface area contributed by atoms with Gasteiger partial charge in [0.05, 0.1) is 6.61 Å². The van der Waals surface area contributed by atoms with E-state index in [-0.39, 0.29) is 0 Å². The second-order valence-electron chi connectivity index (χ2n) is 1.68. The zero-order valence-electron chi connectivity index (χ0n) is 5.43. The molecule has 8 heteroatoms. The fourth-order valence-corrected chi connectivity index (χ4v) is 0.603. The van der Waals surface area contributed by atoms with Crippen LogP contribution < -0.4 is 10.9 Å². The van der Waals surface area contributed by atoms with Gasteiger partial charge in [-0.25, -0.2) is 4.79 Å². The summed E-state index contributed by atoms with van der Waals surface area (Å²) in [6.07, 6.45) is 0. The normalized spacial score (nSPS) is 14.1. The van der Waals surface area contributed by atoms with Crippen LogP contribution in [-0.4, -0.2) is 32.1 Å². The van der Waals surface area contributed by atoms with Crippen LogP contribution >= 0.6 is 0 Å². The van der Waals surface area contributed by atoms with E-state index in [1.54, 1.807) is 0 Å². The maximum Gasteiger partial charge on any atom is 0.382 e. The van der Waals surface area contributed by atoms with Gasteiger partial charge in [0.25, 0.3) is 0 Å². The topological polar surface area (TPSA) is 133 Å². The van der Waals surface area contributed by atoms with Crippen LogP contribution in [0, 0.1) is 0 Å². The summed E-state index contributed by atoms with van der Waals surface area (Å²) in [6, 6.07) is -1.38. The Morgan fingerprint density at radius 3 is 2.36 bits per heavy atom. The van der Waals surface area contributed by atoms with Crippen molar-refractivity contribution in [2.24, 2.45) is 10.9 Å². The van der Waals surface area contributed by atoms with Crippen LogP contribution in [0.5, 0.6) is 0 Å². The molecule has 1 atom stereocenters. The van der Waals surface area contributed by atoms with Gasteiger partial charge in [-0.2, -0.15) is 13.6 Å². The first kappa shape index (κ1) is 10.3. The van der Waals surface area contributed by atoms with Crippen molar-refractivity contribution in [3.05, 3.63) is 0 Å². The van der Waals surface area contributed by atoms with E-state index in [4.69, 9.17) is 10.8 Å². The third-order valence-corrected chi connectivity index (χ3v) is 1.09. The fraction of sp³-hybridized carbons (Fsp3) is 0.667. The van der Waals surface area contributed by atoms with E-state index in [1.807, 2.05) is 0 Å². The molecule has 1 unspecified atom stereocenters. The van der Waals surface area contributed by atoms with Crippen LogP contribution in [0.4, 0.5) is 0 Å². The van der Waals surface area contributed by atoms with E-state index in [0.717, 1.165) is 0 Å². The number of hydrogen-bond acceptors (Lipinski definition) is 6. The Morgan fingerprint density at radius 1 is 1.64 bits per heavy atom. The number of aliphatic hydroxyl groups is 1. The molecule has 0 heterocycles. The lowest BCUT2D eigenvalue weighted by Crippen LogP contribution is -2.38. The molecule has 0 radical (unpaired) electrons. The first-order chi connectivity index (χ1) is 4.87. The Bertz CT molecular complexity index is 234. The molecule has 0 aromatic heterocycles. The molecule has 0 saturated carbocycles. The van der Waals surface area contributed by atoms with E-state index in [0.29, 0.717) is 0 Å². The molecule has 0 aliphatic heterocycles. The monoisotopic (exact) mass is 184 g/mol. The van der Waals surface area contributed by atoms with Gasteiger partial charge in [0.15, 0.2) is 0 Å². The first-order valence-electron chi connectivity index (χ1n) is 2.49. The van der Waals surface area contributed by atoms with Crippen LogP contribution in [0.15, 0.2) is 0 Å². The van der Waals surface area contributed by atoms with E-state index in [2.05, 4.69) is 9.32 Å². The van der Waals surface area contributed by atoms with Gasteiger partial charge in [-0.15, -0.1) is 0 Å². The standard InChI is InChI=1S/C3H8N2O5S/c4-2(1-6)3(7)10-11(5,8)9/h2,6H,1,4H2,(H2,5,8,9). The second-order valence-corrected chi connectivity index (χ2v) is 2.84. The predicted octanol–water partition coefficient (Wildman–Crippen LogP) is -2.95. The van der Waals surface area contributed by atoms with Crippen LogP contribution in [0.2, 0.25) is 0 Å². The Hall–Kier alpha value is -0.700. The van der Waals surface area contributed by atoms with Crippen LogP contribution in [0.25, 0.3) is 0 Å².